The summed E-state index contributed by atoms with van der Waals surface area (Å²) in [6, 6.07) is 10.4. The molecule has 27 heavy (non-hydrogen) atoms. The highest BCUT2D eigenvalue weighted by Gasteiger charge is 2.19. The van der Waals surface area contributed by atoms with Crippen molar-refractivity contribution in [2.24, 2.45) is 0 Å². The van der Waals surface area contributed by atoms with Crippen LogP contribution in [0.15, 0.2) is 48.5 Å². The number of aryl methyl sites for hydroxylation is 1. The number of nitrogens with one attached hydrogen (secondary N) is 1. The van der Waals surface area contributed by atoms with Crippen LogP contribution in [0.5, 0.6) is 0 Å². The molecule has 2 rings (SSSR count). The molecule has 1 atom stereocenters. The zero-order valence-electron chi connectivity index (χ0n) is 14.6. The summed E-state index contributed by atoms with van der Waals surface area (Å²) in [6.07, 6.45) is 1.63. The average Bonchev–Trinajstić information content (AvgIpc) is 2.62. The van der Waals surface area contributed by atoms with Gasteiger partial charge in [-0.1, -0.05) is 24.3 Å². The predicted octanol–water partition coefficient (Wildman–Crippen LogP) is 3.63. The van der Waals surface area contributed by atoms with Gasteiger partial charge in [0, 0.05) is 17.8 Å². The van der Waals surface area contributed by atoms with Gasteiger partial charge in [0.05, 0.1) is 4.92 Å². The zero-order valence-corrected chi connectivity index (χ0v) is 14.6. The fraction of sp³-hybridized carbons (Fsp3) is 0.158. The second-order valence-electron chi connectivity index (χ2n) is 5.68. The molecule has 1 amide bonds. The number of hydrogen-bond donors (Lipinski definition) is 1. The van der Waals surface area contributed by atoms with E-state index in [1.54, 1.807) is 6.08 Å². The molecule has 0 unspecified atom stereocenters. The molecule has 0 heterocycles. The highest BCUT2D eigenvalue weighted by Crippen LogP contribution is 2.21. The number of esters is 1. The summed E-state index contributed by atoms with van der Waals surface area (Å²) in [5, 5.41) is 13.1. The molecule has 0 fully saturated rings. The molecule has 0 saturated carbocycles. The summed E-state index contributed by atoms with van der Waals surface area (Å²) in [7, 11) is 0. The number of nitro groups is 1. The smallest absolute Gasteiger partial charge is 0.331 e. The molecule has 2 aromatic carbocycles. The SMILES string of the molecule is Cc1ccccc1/C=C/C(=O)O[C@@H](C)C(=O)Nc1ccc(F)c([N+](=O)[O-])c1. The Morgan fingerprint density at radius 2 is 1.96 bits per heavy atom. The van der Waals surface area contributed by atoms with Gasteiger partial charge in [-0.2, -0.15) is 4.39 Å². The van der Waals surface area contributed by atoms with Crippen LogP contribution in [-0.2, 0) is 14.3 Å². The Morgan fingerprint density at radius 3 is 2.63 bits per heavy atom. The molecule has 0 aliphatic rings. The van der Waals surface area contributed by atoms with E-state index in [4.69, 9.17) is 4.74 Å². The van der Waals surface area contributed by atoms with Gasteiger partial charge in [0.2, 0.25) is 5.82 Å². The van der Waals surface area contributed by atoms with Crippen molar-refractivity contribution in [2.45, 2.75) is 20.0 Å². The first kappa shape index (κ1) is 19.8. The molecule has 0 saturated heterocycles. The average molecular weight is 372 g/mol. The minimum absolute atomic E-state index is 0.0199. The van der Waals surface area contributed by atoms with Gasteiger partial charge in [0.15, 0.2) is 6.10 Å². The van der Waals surface area contributed by atoms with E-state index in [-0.39, 0.29) is 5.69 Å². The van der Waals surface area contributed by atoms with Crippen molar-refractivity contribution in [1.29, 1.82) is 0 Å². The van der Waals surface area contributed by atoms with Crippen molar-refractivity contribution in [3.63, 3.8) is 0 Å². The number of amides is 1. The Hall–Kier alpha value is -3.55. The lowest BCUT2D eigenvalue weighted by molar-refractivity contribution is -0.387. The summed E-state index contributed by atoms with van der Waals surface area (Å²) < 4.78 is 18.3. The minimum Gasteiger partial charge on any atom is -0.449 e. The van der Waals surface area contributed by atoms with Crippen LogP contribution in [0.1, 0.15) is 18.1 Å². The minimum atomic E-state index is -1.15. The molecule has 0 aliphatic carbocycles. The number of carbonyl (C=O) groups is 2. The van der Waals surface area contributed by atoms with E-state index in [2.05, 4.69) is 5.32 Å². The van der Waals surface area contributed by atoms with Crippen molar-refractivity contribution in [3.05, 3.63) is 75.6 Å². The molecule has 1 N–H and O–H groups in total. The van der Waals surface area contributed by atoms with Gasteiger partial charge in [-0.15, -0.1) is 0 Å². The Balaban J connectivity index is 1.97. The van der Waals surface area contributed by atoms with E-state index in [1.807, 2.05) is 31.2 Å². The zero-order chi connectivity index (χ0) is 20.0. The van der Waals surface area contributed by atoms with E-state index >= 15 is 0 Å². The van der Waals surface area contributed by atoms with Crippen LogP contribution >= 0.6 is 0 Å². The molecular formula is C19H17FN2O5. The van der Waals surface area contributed by atoms with E-state index < -0.39 is 34.4 Å². The monoisotopic (exact) mass is 372 g/mol. The molecule has 0 aliphatic heterocycles. The van der Waals surface area contributed by atoms with Crippen molar-refractivity contribution < 1.29 is 23.6 Å². The summed E-state index contributed by atoms with van der Waals surface area (Å²) in [4.78, 5) is 33.8. The Labute approximate surface area is 154 Å². The first-order valence-corrected chi connectivity index (χ1v) is 7.97. The van der Waals surface area contributed by atoms with Gasteiger partial charge >= 0.3 is 11.7 Å². The largest absolute Gasteiger partial charge is 0.449 e. The molecule has 0 bridgehead atoms. The van der Waals surface area contributed by atoms with E-state index in [0.29, 0.717) is 0 Å². The van der Waals surface area contributed by atoms with Crippen LogP contribution in [0.4, 0.5) is 15.8 Å². The molecule has 0 aromatic heterocycles. The van der Waals surface area contributed by atoms with Crippen molar-refractivity contribution >= 4 is 29.3 Å². The Morgan fingerprint density at radius 1 is 1.26 bits per heavy atom. The summed E-state index contributed by atoms with van der Waals surface area (Å²) >= 11 is 0. The van der Waals surface area contributed by atoms with Crippen LogP contribution in [-0.4, -0.2) is 22.9 Å². The number of carbonyl (C=O) groups excluding carboxylic acids is 2. The molecular weight excluding hydrogens is 355 g/mol. The predicted molar refractivity (Wildman–Crippen MR) is 97.5 cm³/mol. The molecule has 0 spiro atoms. The number of benzene rings is 2. The molecule has 0 radical (unpaired) electrons. The van der Waals surface area contributed by atoms with Crippen molar-refractivity contribution in [1.82, 2.24) is 0 Å². The second-order valence-corrected chi connectivity index (χ2v) is 5.68. The Kier molecular flexibility index (Phi) is 6.37. The number of halogens is 1. The number of hydrogen-bond acceptors (Lipinski definition) is 5. The summed E-state index contributed by atoms with van der Waals surface area (Å²) in [5.41, 5.74) is 1.07. The fourth-order valence-corrected chi connectivity index (χ4v) is 2.17. The van der Waals surface area contributed by atoms with Gasteiger partial charge < -0.3 is 10.1 Å². The van der Waals surface area contributed by atoms with Gasteiger partial charge in [-0.25, -0.2) is 4.79 Å². The standard InChI is InChI=1S/C19H17FN2O5/c1-12-5-3-4-6-14(12)7-10-18(23)27-13(2)19(24)21-15-8-9-16(20)17(11-15)22(25)26/h3-11,13H,1-2H3,(H,21,24)/b10-7+/t13-/m0/s1. The number of rotatable bonds is 6. The van der Waals surface area contributed by atoms with Gasteiger partial charge in [-0.3, -0.25) is 14.9 Å². The van der Waals surface area contributed by atoms with E-state index in [1.165, 1.54) is 19.1 Å². The molecule has 2 aromatic rings. The van der Waals surface area contributed by atoms with Gasteiger partial charge in [0.1, 0.15) is 0 Å². The van der Waals surface area contributed by atoms with Crippen molar-refractivity contribution in [2.75, 3.05) is 5.32 Å². The lowest BCUT2D eigenvalue weighted by Gasteiger charge is -2.12. The maximum atomic E-state index is 13.3. The quantitative estimate of drug-likeness (QED) is 0.361. The van der Waals surface area contributed by atoms with Gasteiger partial charge in [-0.05, 0) is 43.2 Å². The van der Waals surface area contributed by atoms with Crippen LogP contribution in [0.2, 0.25) is 0 Å². The van der Waals surface area contributed by atoms with E-state index in [9.17, 15) is 24.1 Å². The third-order valence-electron chi connectivity index (χ3n) is 3.66. The second kappa shape index (κ2) is 8.70. The maximum Gasteiger partial charge on any atom is 0.331 e. The third-order valence-corrected chi connectivity index (χ3v) is 3.66. The first-order chi connectivity index (χ1) is 12.8. The molecule has 7 nitrogen and oxygen atoms in total. The summed E-state index contributed by atoms with van der Waals surface area (Å²) in [5.74, 6) is -2.43. The van der Waals surface area contributed by atoms with Crippen LogP contribution < -0.4 is 5.32 Å². The third kappa shape index (κ3) is 5.46. The normalized spacial score (nSPS) is 11.8. The van der Waals surface area contributed by atoms with Gasteiger partial charge in [0.25, 0.3) is 5.91 Å². The lowest BCUT2D eigenvalue weighted by Crippen LogP contribution is -2.29. The van der Waals surface area contributed by atoms with Crippen LogP contribution in [0.3, 0.4) is 0 Å². The van der Waals surface area contributed by atoms with E-state index in [0.717, 1.165) is 23.3 Å². The van der Waals surface area contributed by atoms with Crippen LogP contribution in [0.25, 0.3) is 6.08 Å². The number of nitro benzene ring substituents is 1. The summed E-state index contributed by atoms with van der Waals surface area (Å²) in [6.45, 7) is 3.25. The topological polar surface area (TPSA) is 98.5 Å². The maximum absolute atomic E-state index is 13.3. The number of anilines is 1. The first-order valence-electron chi connectivity index (χ1n) is 7.97. The number of ether oxygens (including phenoxy) is 1. The highest BCUT2D eigenvalue weighted by molar-refractivity contribution is 5.96. The molecule has 140 valence electrons. The fourth-order valence-electron chi connectivity index (χ4n) is 2.17. The van der Waals surface area contributed by atoms with Crippen molar-refractivity contribution in [3.8, 4) is 0 Å². The van der Waals surface area contributed by atoms with Crippen LogP contribution in [0, 0.1) is 22.9 Å². The lowest BCUT2D eigenvalue weighted by atomic mass is 10.1. The number of nitrogens with zero attached hydrogens (tertiary/aromatic N) is 1. The highest BCUT2D eigenvalue weighted by atomic mass is 19.1. The molecule has 8 heteroatoms. The Bertz CT molecular complexity index is 911.